The van der Waals surface area contributed by atoms with Gasteiger partial charge < -0.3 is 40.3 Å². The zero-order chi connectivity index (χ0) is 36.0. The molecule has 0 aliphatic carbocycles. The van der Waals surface area contributed by atoms with Crippen molar-refractivity contribution in [3.05, 3.63) is 36.5 Å². The van der Waals surface area contributed by atoms with Crippen LogP contribution in [0.3, 0.4) is 0 Å². The van der Waals surface area contributed by atoms with Crippen LogP contribution in [0, 0.1) is 0 Å². The molecule has 1 heterocycles. The highest BCUT2D eigenvalue weighted by Crippen LogP contribution is 2.22. The summed E-state index contributed by atoms with van der Waals surface area (Å²) in [5, 5.41) is 53.9. The van der Waals surface area contributed by atoms with Crippen LogP contribution in [0.5, 0.6) is 0 Å². The van der Waals surface area contributed by atoms with Gasteiger partial charge in [-0.1, -0.05) is 134 Å². The van der Waals surface area contributed by atoms with Crippen LogP contribution in [0.25, 0.3) is 0 Å². The Morgan fingerprint density at radius 2 is 1.20 bits per heavy atom. The molecule has 0 aromatic heterocycles. The van der Waals surface area contributed by atoms with Crippen LogP contribution < -0.4 is 5.32 Å². The van der Waals surface area contributed by atoms with Crippen molar-refractivity contribution < 1.29 is 39.8 Å². The number of hydrogen-bond donors (Lipinski definition) is 6. The van der Waals surface area contributed by atoms with E-state index in [2.05, 4.69) is 43.5 Å². The Kier molecular flexibility index (Phi) is 28.9. The number of carbonyl (C=O) groups is 1. The average Bonchev–Trinajstić information content (AvgIpc) is 3.10. The molecular formula is C40H73NO8. The smallest absolute Gasteiger partial charge is 0.220 e. The van der Waals surface area contributed by atoms with Crippen LogP contribution in [0.1, 0.15) is 155 Å². The summed E-state index contributed by atoms with van der Waals surface area (Å²) in [7, 11) is 0. The lowest BCUT2D eigenvalue weighted by Crippen LogP contribution is -2.60. The van der Waals surface area contributed by atoms with Gasteiger partial charge >= 0.3 is 0 Å². The summed E-state index contributed by atoms with van der Waals surface area (Å²) >= 11 is 0. The van der Waals surface area contributed by atoms with E-state index in [0.717, 1.165) is 64.2 Å². The molecule has 9 nitrogen and oxygen atoms in total. The van der Waals surface area contributed by atoms with E-state index in [0.29, 0.717) is 6.42 Å². The molecule has 0 radical (unpaired) electrons. The normalized spacial score (nSPS) is 22.8. The first-order chi connectivity index (χ1) is 23.8. The molecule has 7 atom stereocenters. The fourth-order valence-corrected chi connectivity index (χ4v) is 5.95. The number of unbranched alkanes of at least 4 members (excludes halogenated alkanes) is 17. The Balaban J connectivity index is 2.45. The molecule has 7 unspecified atom stereocenters. The van der Waals surface area contributed by atoms with E-state index < -0.39 is 49.5 Å². The molecule has 1 aliphatic rings. The third kappa shape index (κ3) is 22.8. The van der Waals surface area contributed by atoms with Crippen molar-refractivity contribution in [1.82, 2.24) is 5.32 Å². The van der Waals surface area contributed by atoms with Gasteiger partial charge in [-0.25, -0.2) is 0 Å². The Morgan fingerprint density at radius 3 is 1.80 bits per heavy atom. The van der Waals surface area contributed by atoms with E-state index in [1.54, 1.807) is 6.08 Å². The monoisotopic (exact) mass is 696 g/mol. The van der Waals surface area contributed by atoms with Crippen molar-refractivity contribution in [3.63, 3.8) is 0 Å². The second kappa shape index (κ2) is 31.2. The molecule has 9 heteroatoms. The van der Waals surface area contributed by atoms with Crippen molar-refractivity contribution in [3.8, 4) is 0 Å². The van der Waals surface area contributed by atoms with Crippen molar-refractivity contribution in [2.75, 3.05) is 13.2 Å². The third-order valence-electron chi connectivity index (χ3n) is 9.21. The van der Waals surface area contributed by atoms with Crippen LogP contribution in [-0.2, 0) is 14.3 Å². The summed E-state index contributed by atoms with van der Waals surface area (Å²) in [6.07, 6.45) is 28.9. The summed E-state index contributed by atoms with van der Waals surface area (Å²) in [5.41, 5.74) is 0. The van der Waals surface area contributed by atoms with E-state index in [-0.39, 0.29) is 12.5 Å². The lowest BCUT2D eigenvalue weighted by atomic mass is 9.99. The quantitative estimate of drug-likeness (QED) is 0.0338. The highest BCUT2D eigenvalue weighted by molar-refractivity contribution is 5.76. The molecule has 286 valence electrons. The topological polar surface area (TPSA) is 149 Å². The summed E-state index contributed by atoms with van der Waals surface area (Å²) in [4.78, 5) is 12.9. The SMILES string of the molecule is CCCCC/C=C\C/C=C\CCCCCCCC(=O)NC(COC1OC(CO)C(O)C(O)C1O)C(O)/C=C/CCCCCCCCCCC. The molecule has 1 rings (SSSR count). The van der Waals surface area contributed by atoms with Gasteiger partial charge in [0.05, 0.1) is 25.4 Å². The molecule has 0 saturated carbocycles. The van der Waals surface area contributed by atoms with E-state index >= 15 is 0 Å². The number of aliphatic hydroxyl groups is 5. The first-order valence-electron chi connectivity index (χ1n) is 19.7. The van der Waals surface area contributed by atoms with Crippen molar-refractivity contribution >= 4 is 5.91 Å². The largest absolute Gasteiger partial charge is 0.394 e. The van der Waals surface area contributed by atoms with Gasteiger partial charge in [0, 0.05) is 6.42 Å². The van der Waals surface area contributed by atoms with E-state index in [1.165, 1.54) is 70.6 Å². The average molecular weight is 696 g/mol. The maximum atomic E-state index is 12.9. The van der Waals surface area contributed by atoms with E-state index in [1.807, 2.05) is 6.08 Å². The molecule has 0 aromatic carbocycles. The van der Waals surface area contributed by atoms with Gasteiger partial charge in [-0.3, -0.25) is 4.79 Å². The number of aliphatic hydroxyl groups excluding tert-OH is 5. The molecule has 0 bridgehead atoms. The minimum absolute atomic E-state index is 0.194. The van der Waals surface area contributed by atoms with Gasteiger partial charge in [0.2, 0.25) is 5.91 Å². The highest BCUT2D eigenvalue weighted by Gasteiger charge is 2.44. The first-order valence-corrected chi connectivity index (χ1v) is 19.7. The fraction of sp³-hybridized carbons (Fsp3) is 0.825. The van der Waals surface area contributed by atoms with E-state index in [4.69, 9.17) is 9.47 Å². The molecule has 1 aliphatic heterocycles. The van der Waals surface area contributed by atoms with Gasteiger partial charge in [-0.05, 0) is 51.4 Å². The number of allylic oxidation sites excluding steroid dienone is 5. The van der Waals surface area contributed by atoms with Crippen LogP contribution in [0.4, 0.5) is 0 Å². The minimum Gasteiger partial charge on any atom is -0.394 e. The molecule has 6 N–H and O–H groups in total. The molecule has 1 saturated heterocycles. The number of hydrogen-bond acceptors (Lipinski definition) is 8. The number of amides is 1. The maximum Gasteiger partial charge on any atom is 0.220 e. The van der Waals surface area contributed by atoms with Crippen molar-refractivity contribution in [2.24, 2.45) is 0 Å². The number of carbonyl (C=O) groups excluding carboxylic acids is 1. The lowest BCUT2D eigenvalue weighted by Gasteiger charge is -2.40. The number of rotatable bonds is 31. The predicted molar refractivity (Wildman–Crippen MR) is 198 cm³/mol. The van der Waals surface area contributed by atoms with Gasteiger partial charge in [0.1, 0.15) is 24.4 Å². The fourth-order valence-electron chi connectivity index (χ4n) is 5.95. The number of ether oxygens (including phenoxy) is 2. The zero-order valence-electron chi connectivity index (χ0n) is 30.9. The van der Waals surface area contributed by atoms with Crippen molar-refractivity contribution in [2.45, 2.75) is 198 Å². The summed E-state index contributed by atoms with van der Waals surface area (Å²) in [6, 6.07) is -0.808. The highest BCUT2D eigenvalue weighted by atomic mass is 16.7. The van der Waals surface area contributed by atoms with Crippen LogP contribution in [0.15, 0.2) is 36.5 Å². The lowest BCUT2D eigenvalue weighted by molar-refractivity contribution is -0.302. The summed E-state index contributed by atoms with van der Waals surface area (Å²) < 4.78 is 11.1. The summed E-state index contributed by atoms with van der Waals surface area (Å²) in [5.74, 6) is -0.195. The molecule has 1 amide bonds. The third-order valence-corrected chi connectivity index (χ3v) is 9.21. The molecule has 0 spiro atoms. The molecule has 1 fully saturated rings. The molecule has 49 heavy (non-hydrogen) atoms. The Morgan fingerprint density at radius 1 is 0.694 bits per heavy atom. The number of nitrogens with one attached hydrogen (secondary N) is 1. The van der Waals surface area contributed by atoms with Gasteiger partial charge in [0.25, 0.3) is 0 Å². The van der Waals surface area contributed by atoms with Gasteiger partial charge in [-0.15, -0.1) is 0 Å². The van der Waals surface area contributed by atoms with Crippen molar-refractivity contribution in [1.29, 1.82) is 0 Å². The van der Waals surface area contributed by atoms with Crippen LogP contribution >= 0.6 is 0 Å². The molecular weight excluding hydrogens is 622 g/mol. The first kappa shape index (κ1) is 45.4. The Bertz CT molecular complexity index is 863. The van der Waals surface area contributed by atoms with Crippen LogP contribution in [0.2, 0.25) is 0 Å². The molecule has 0 aromatic rings. The van der Waals surface area contributed by atoms with Gasteiger partial charge in [-0.2, -0.15) is 0 Å². The standard InChI is InChI=1S/C40H73NO8/c1-3-5-7-9-11-13-15-16-17-18-20-22-24-26-28-30-36(44)41-33(32-48-40-39(47)38(46)37(45)35(31-42)49-40)34(43)29-27-25-23-21-19-14-12-10-8-6-4-2/h11,13,16-17,27,29,33-35,37-40,42-43,45-47H,3-10,12,14-15,18-26,28,30-32H2,1-2H3,(H,41,44)/b13-11-,17-16-,29-27+. The second-order valence-electron chi connectivity index (χ2n) is 13.7. The predicted octanol–water partition coefficient (Wildman–Crippen LogP) is 6.94. The van der Waals surface area contributed by atoms with E-state index in [9.17, 15) is 30.3 Å². The summed E-state index contributed by atoms with van der Waals surface area (Å²) in [6.45, 7) is 3.69. The van der Waals surface area contributed by atoms with Gasteiger partial charge in [0.15, 0.2) is 6.29 Å². The maximum absolute atomic E-state index is 12.9. The second-order valence-corrected chi connectivity index (χ2v) is 13.7. The Labute approximate surface area is 298 Å². The Hall–Kier alpha value is -1.59. The van der Waals surface area contributed by atoms with Crippen LogP contribution in [-0.4, -0.2) is 87.5 Å². The zero-order valence-corrected chi connectivity index (χ0v) is 30.9. The minimum atomic E-state index is -1.57.